The zero-order valence-electron chi connectivity index (χ0n) is 22.2. The summed E-state index contributed by atoms with van der Waals surface area (Å²) in [6, 6.07) is 9.88. The van der Waals surface area contributed by atoms with Gasteiger partial charge in [-0.1, -0.05) is 19.9 Å². The normalized spacial score (nSPS) is 16.4. The van der Waals surface area contributed by atoms with Crippen LogP contribution in [0, 0.1) is 0 Å². The van der Waals surface area contributed by atoms with Gasteiger partial charge in [-0.15, -0.1) is 11.3 Å². The van der Waals surface area contributed by atoms with Crippen molar-refractivity contribution in [3.05, 3.63) is 53.7 Å². The Kier molecular flexibility index (Phi) is 8.01. The van der Waals surface area contributed by atoms with E-state index >= 15 is 0 Å². The van der Waals surface area contributed by atoms with Crippen LogP contribution in [0.4, 0.5) is 5.82 Å². The lowest BCUT2D eigenvalue weighted by Crippen LogP contribution is -2.42. The average molecular weight is 534 g/mol. The molecular weight excluding hydrogens is 498 g/mol. The molecule has 200 valence electrons. The minimum absolute atomic E-state index is 0.0104. The van der Waals surface area contributed by atoms with E-state index in [1.807, 2.05) is 41.9 Å². The smallest absolute Gasteiger partial charge is 0.251 e. The lowest BCUT2D eigenvalue weighted by Gasteiger charge is -2.27. The van der Waals surface area contributed by atoms with Gasteiger partial charge < -0.3 is 15.3 Å². The number of nitrogens with zero attached hydrogens (tertiary/aromatic N) is 6. The summed E-state index contributed by atoms with van der Waals surface area (Å²) in [5.74, 6) is 0.548. The first kappa shape index (κ1) is 26.3. The number of carbonyl (C=O) groups is 1. The van der Waals surface area contributed by atoms with Gasteiger partial charge in [-0.2, -0.15) is 5.10 Å². The molecule has 1 aliphatic heterocycles. The van der Waals surface area contributed by atoms with Gasteiger partial charge in [0.25, 0.3) is 5.91 Å². The number of aromatic nitrogens is 4. The van der Waals surface area contributed by atoms with Crippen LogP contribution >= 0.6 is 11.3 Å². The van der Waals surface area contributed by atoms with Crippen molar-refractivity contribution < 1.29 is 9.90 Å². The van der Waals surface area contributed by atoms with E-state index < -0.39 is 0 Å². The average Bonchev–Trinajstić information content (AvgIpc) is 3.72. The molecule has 2 atom stereocenters. The third-order valence-electron chi connectivity index (χ3n) is 7.37. The van der Waals surface area contributed by atoms with Gasteiger partial charge in [0, 0.05) is 30.9 Å². The molecule has 0 aromatic carbocycles. The number of thiophene rings is 1. The van der Waals surface area contributed by atoms with Gasteiger partial charge in [-0.05, 0) is 62.5 Å². The van der Waals surface area contributed by atoms with Gasteiger partial charge in [-0.3, -0.25) is 9.69 Å². The standard InChI is InChI=1S/C28H35N7O2S/c1-4-33(5-2)19(3)16-29-28(37)20-14-24(31-26(15-20)34-11-6-8-21(34)18-36)22-17-30-35-12-10-23(32-27(22)35)25-9-7-13-38-25/h7,9-10,12-15,17,19,21,36H,4-6,8,11,16,18H2,1-3H3,(H,29,37)/t19-,21+/m0/s1. The van der Waals surface area contributed by atoms with E-state index in [-0.39, 0.29) is 24.6 Å². The Morgan fingerprint density at radius 3 is 2.82 bits per heavy atom. The van der Waals surface area contributed by atoms with Crippen LogP contribution in [0.15, 0.2) is 48.1 Å². The van der Waals surface area contributed by atoms with Crippen molar-refractivity contribution in [2.45, 2.75) is 45.7 Å². The van der Waals surface area contributed by atoms with Crippen LogP contribution in [0.2, 0.25) is 0 Å². The lowest BCUT2D eigenvalue weighted by molar-refractivity contribution is 0.0938. The quantitative estimate of drug-likeness (QED) is 0.319. The van der Waals surface area contributed by atoms with E-state index in [0.29, 0.717) is 29.3 Å². The number of anilines is 1. The van der Waals surface area contributed by atoms with Crippen LogP contribution < -0.4 is 10.2 Å². The number of fused-ring (bicyclic) bond motifs is 1. The summed E-state index contributed by atoms with van der Waals surface area (Å²) in [4.78, 5) is 28.8. The fourth-order valence-corrected chi connectivity index (χ4v) is 5.88. The number of pyridine rings is 1. The van der Waals surface area contributed by atoms with Crippen LogP contribution in [0.5, 0.6) is 0 Å². The summed E-state index contributed by atoms with van der Waals surface area (Å²) < 4.78 is 1.73. The highest BCUT2D eigenvalue weighted by Gasteiger charge is 2.27. The number of hydrogen-bond acceptors (Lipinski definition) is 8. The van der Waals surface area contributed by atoms with Gasteiger partial charge in [-0.25, -0.2) is 14.5 Å². The summed E-state index contributed by atoms with van der Waals surface area (Å²) >= 11 is 1.64. The van der Waals surface area contributed by atoms with Crippen molar-refractivity contribution in [2.75, 3.05) is 37.7 Å². The molecule has 9 nitrogen and oxygen atoms in total. The Morgan fingerprint density at radius 2 is 2.08 bits per heavy atom. The second-order valence-electron chi connectivity index (χ2n) is 9.67. The van der Waals surface area contributed by atoms with E-state index in [2.05, 4.69) is 41.0 Å². The summed E-state index contributed by atoms with van der Waals surface area (Å²) in [5, 5.41) is 19.6. The first-order valence-electron chi connectivity index (χ1n) is 13.3. The Hall–Kier alpha value is -3.34. The Bertz CT molecular complexity index is 1380. The van der Waals surface area contributed by atoms with Crippen molar-refractivity contribution in [2.24, 2.45) is 0 Å². The van der Waals surface area contributed by atoms with Gasteiger partial charge >= 0.3 is 0 Å². The summed E-state index contributed by atoms with van der Waals surface area (Å²) in [6.45, 7) is 9.65. The molecule has 10 heteroatoms. The number of hydrogen-bond donors (Lipinski definition) is 2. The predicted molar refractivity (Wildman–Crippen MR) is 152 cm³/mol. The summed E-state index contributed by atoms with van der Waals surface area (Å²) in [6.07, 6.45) is 5.52. The molecule has 0 saturated carbocycles. The Morgan fingerprint density at radius 1 is 1.24 bits per heavy atom. The molecule has 0 radical (unpaired) electrons. The van der Waals surface area contributed by atoms with E-state index in [1.54, 1.807) is 22.0 Å². The maximum atomic E-state index is 13.4. The molecule has 0 spiro atoms. The van der Waals surface area contributed by atoms with Crippen LogP contribution in [0.25, 0.3) is 27.5 Å². The van der Waals surface area contributed by atoms with Crippen molar-refractivity contribution in [1.82, 2.24) is 29.8 Å². The number of nitrogens with one attached hydrogen (secondary N) is 1. The Balaban J connectivity index is 1.53. The first-order chi connectivity index (χ1) is 18.5. The Labute approximate surface area is 227 Å². The molecule has 0 aliphatic carbocycles. The minimum atomic E-state index is -0.141. The third-order valence-corrected chi connectivity index (χ3v) is 8.26. The maximum Gasteiger partial charge on any atom is 0.251 e. The fraction of sp³-hybridized carbons (Fsp3) is 0.429. The maximum absolute atomic E-state index is 13.4. The molecule has 1 saturated heterocycles. The highest BCUT2D eigenvalue weighted by molar-refractivity contribution is 7.13. The van der Waals surface area contributed by atoms with Crippen LogP contribution in [0.3, 0.4) is 0 Å². The topological polar surface area (TPSA) is 98.9 Å². The second kappa shape index (κ2) is 11.6. The predicted octanol–water partition coefficient (Wildman–Crippen LogP) is 3.94. The highest BCUT2D eigenvalue weighted by Crippen LogP contribution is 2.31. The number of aliphatic hydroxyl groups excluding tert-OH is 1. The lowest BCUT2D eigenvalue weighted by atomic mass is 10.1. The van der Waals surface area contributed by atoms with Crippen molar-refractivity contribution in [3.8, 4) is 21.8 Å². The molecule has 1 aliphatic rings. The van der Waals surface area contributed by atoms with Crippen LogP contribution in [0.1, 0.15) is 44.0 Å². The molecule has 0 unspecified atom stereocenters. The van der Waals surface area contributed by atoms with Crippen LogP contribution in [-0.2, 0) is 0 Å². The molecule has 5 rings (SSSR count). The van der Waals surface area contributed by atoms with Gasteiger partial charge in [0.15, 0.2) is 5.65 Å². The van der Waals surface area contributed by atoms with Crippen molar-refractivity contribution in [1.29, 1.82) is 0 Å². The van der Waals surface area contributed by atoms with Gasteiger partial charge in [0.1, 0.15) is 5.82 Å². The molecule has 1 amide bonds. The number of amides is 1. The minimum Gasteiger partial charge on any atom is -0.394 e. The molecule has 5 heterocycles. The molecule has 4 aromatic rings. The summed E-state index contributed by atoms with van der Waals surface area (Å²) in [5.41, 5.74) is 3.49. The van der Waals surface area contributed by atoms with E-state index in [1.165, 1.54) is 0 Å². The van der Waals surface area contributed by atoms with Crippen molar-refractivity contribution >= 4 is 28.7 Å². The largest absolute Gasteiger partial charge is 0.394 e. The molecular formula is C28H35N7O2S. The van der Waals surface area contributed by atoms with Crippen LogP contribution in [-0.4, -0.2) is 80.4 Å². The van der Waals surface area contributed by atoms with E-state index in [9.17, 15) is 9.90 Å². The van der Waals surface area contributed by atoms with E-state index in [0.717, 1.165) is 48.6 Å². The van der Waals surface area contributed by atoms with Crippen molar-refractivity contribution in [3.63, 3.8) is 0 Å². The molecule has 0 bridgehead atoms. The molecule has 4 aromatic heterocycles. The van der Waals surface area contributed by atoms with Gasteiger partial charge in [0.05, 0.1) is 40.7 Å². The van der Waals surface area contributed by atoms with Gasteiger partial charge in [0.2, 0.25) is 0 Å². The number of rotatable bonds is 10. The number of carbonyl (C=O) groups excluding carboxylic acids is 1. The third kappa shape index (κ3) is 5.29. The number of likely N-dealkylation sites (N-methyl/N-ethyl adjacent to an activating group) is 1. The first-order valence-corrected chi connectivity index (χ1v) is 14.2. The zero-order valence-corrected chi connectivity index (χ0v) is 23.0. The molecule has 38 heavy (non-hydrogen) atoms. The second-order valence-corrected chi connectivity index (χ2v) is 10.6. The molecule has 1 fully saturated rings. The monoisotopic (exact) mass is 533 g/mol. The van der Waals surface area contributed by atoms with E-state index in [4.69, 9.17) is 9.97 Å². The molecule has 2 N–H and O–H groups in total. The number of aliphatic hydroxyl groups is 1. The fourth-order valence-electron chi connectivity index (χ4n) is 5.19. The zero-order chi connectivity index (χ0) is 26.6. The SMILES string of the molecule is CCN(CC)[C@@H](C)CNC(=O)c1cc(-c2cnn3ccc(-c4cccs4)nc23)nc(N2CCC[C@@H]2CO)c1. The highest BCUT2D eigenvalue weighted by atomic mass is 32.1. The summed E-state index contributed by atoms with van der Waals surface area (Å²) in [7, 11) is 0.